The predicted molar refractivity (Wildman–Crippen MR) is 79.4 cm³/mol. The highest BCUT2D eigenvalue weighted by Gasteiger charge is 2.28. The largest absolute Gasteiger partial charge is 0.465 e. The second-order valence-electron chi connectivity index (χ2n) is 4.61. The Balaban J connectivity index is 1.92. The van der Waals surface area contributed by atoms with Crippen molar-refractivity contribution in [3.8, 4) is 0 Å². The lowest BCUT2D eigenvalue weighted by atomic mass is 10.1. The Morgan fingerprint density at radius 3 is 2.86 bits per heavy atom. The topological polar surface area (TPSA) is 68.5 Å². The summed E-state index contributed by atoms with van der Waals surface area (Å²) in [6.45, 7) is 0. The fourth-order valence-electron chi connectivity index (χ4n) is 2.41. The number of nitrogens with one attached hydrogen (secondary N) is 1. The second kappa shape index (κ2) is 5.54. The molecule has 0 bridgehead atoms. The Morgan fingerprint density at radius 2 is 2.19 bits per heavy atom. The lowest BCUT2D eigenvalue weighted by Gasteiger charge is -2.05. The van der Waals surface area contributed by atoms with Crippen LogP contribution in [0.5, 0.6) is 0 Å². The van der Waals surface area contributed by atoms with Crippen LogP contribution in [0.3, 0.4) is 0 Å². The molecule has 1 amide bonds. The zero-order valence-electron chi connectivity index (χ0n) is 11.2. The van der Waals surface area contributed by atoms with Crippen LogP contribution in [0.1, 0.15) is 37.8 Å². The summed E-state index contributed by atoms with van der Waals surface area (Å²) in [5.41, 5.74) is 1.45. The fraction of sp³-hybridized carbons (Fsp3) is 0.286. The van der Waals surface area contributed by atoms with Crippen molar-refractivity contribution < 1.29 is 18.7 Å². The van der Waals surface area contributed by atoms with Gasteiger partial charge in [-0.2, -0.15) is 0 Å². The van der Waals surface area contributed by atoms with E-state index in [4.69, 9.17) is 20.8 Å². The van der Waals surface area contributed by atoms with Crippen molar-refractivity contribution in [2.75, 3.05) is 12.4 Å². The standard InChI is InChI=1S/C14H12ClNO4S/c1-19-14(18)11-7-3-2-4-9(7)21-13(11)16-12(17)8-5-6-10(15)20-8/h5-6H,2-4H2,1H3,(H,16,17). The van der Waals surface area contributed by atoms with Crippen LogP contribution in [0, 0.1) is 0 Å². The van der Waals surface area contributed by atoms with Gasteiger partial charge in [0.05, 0.1) is 12.7 Å². The average Bonchev–Trinajstić information content (AvgIpc) is 3.13. The molecule has 1 N–H and O–H groups in total. The van der Waals surface area contributed by atoms with Crippen molar-refractivity contribution in [2.24, 2.45) is 0 Å². The molecule has 1 aliphatic carbocycles. The molecule has 0 fully saturated rings. The van der Waals surface area contributed by atoms with Crippen molar-refractivity contribution >= 4 is 39.8 Å². The number of carbonyl (C=O) groups is 2. The van der Waals surface area contributed by atoms with Crippen molar-refractivity contribution in [3.05, 3.63) is 39.1 Å². The first-order valence-corrected chi connectivity index (χ1v) is 7.59. The number of fused-ring (bicyclic) bond motifs is 1. The number of esters is 1. The van der Waals surface area contributed by atoms with Crippen LogP contribution in [-0.4, -0.2) is 19.0 Å². The number of thiophene rings is 1. The van der Waals surface area contributed by atoms with E-state index in [2.05, 4.69) is 5.32 Å². The van der Waals surface area contributed by atoms with E-state index in [0.29, 0.717) is 10.6 Å². The number of anilines is 1. The molecule has 21 heavy (non-hydrogen) atoms. The summed E-state index contributed by atoms with van der Waals surface area (Å²) in [4.78, 5) is 25.2. The first-order chi connectivity index (χ1) is 10.1. The summed E-state index contributed by atoms with van der Waals surface area (Å²) in [5.74, 6) is -0.765. The molecule has 7 heteroatoms. The number of halogens is 1. The molecule has 0 unspecified atom stereocenters. The Kier molecular flexibility index (Phi) is 3.73. The molecule has 0 aromatic carbocycles. The average molecular weight is 326 g/mol. The van der Waals surface area contributed by atoms with Gasteiger partial charge < -0.3 is 14.5 Å². The summed E-state index contributed by atoms with van der Waals surface area (Å²) in [6, 6.07) is 2.98. The van der Waals surface area contributed by atoms with Gasteiger partial charge in [0.1, 0.15) is 5.00 Å². The molecule has 0 radical (unpaired) electrons. The minimum absolute atomic E-state index is 0.101. The highest BCUT2D eigenvalue weighted by molar-refractivity contribution is 7.17. The molecule has 2 aromatic rings. The van der Waals surface area contributed by atoms with Crippen molar-refractivity contribution in [2.45, 2.75) is 19.3 Å². The van der Waals surface area contributed by atoms with E-state index in [1.165, 1.54) is 30.6 Å². The van der Waals surface area contributed by atoms with E-state index in [1.807, 2.05) is 0 Å². The summed E-state index contributed by atoms with van der Waals surface area (Å²) in [6.07, 6.45) is 2.78. The summed E-state index contributed by atoms with van der Waals surface area (Å²) in [7, 11) is 1.33. The van der Waals surface area contributed by atoms with Gasteiger partial charge in [0.2, 0.25) is 0 Å². The minimum Gasteiger partial charge on any atom is -0.465 e. The van der Waals surface area contributed by atoms with Crippen LogP contribution < -0.4 is 5.32 Å². The van der Waals surface area contributed by atoms with Gasteiger partial charge in [-0.25, -0.2) is 4.79 Å². The van der Waals surface area contributed by atoms with E-state index >= 15 is 0 Å². The van der Waals surface area contributed by atoms with Gasteiger partial charge in [-0.15, -0.1) is 11.3 Å². The Bertz CT molecular complexity index is 719. The highest BCUT2D eigenvalue weighted by Crippen LogP contribution is 2.39. The smallest absolute Gasteiger partial charge is 0.341 e. The number of hydrogen-bond acceptors (Lipinski definition) is 5. The van der Waals surface area contributed by atoms with E-state index in [1.54, 1.807) is 0 Å². The molecular formula is C14H12ClNO4S. The number of amides is 1. The summed E-state index contributed by atoms with van der Waals surface area (Å²) >= 11 is 7.07. The monoisotopic (exact) mass is 325 g/mol. The number of carbonyl (C=O) groups excluding carboxylic acids is 2. The Labute approximate surface area is 129 Å². The minimum atomic E-state index is -0.438. The summed E-state index contributed by atoms with van der Waals surface area (Å²) in [5, 5.41) is 3.36. The zero-order chi connectivity index (χ0) is 15.0. The van der Waals surface area contributed by atoms with Crippen LogP contribution in [0.4, 0.5) is 5.00 Å². The maximum absolute atomic E-state index is 12.1. The van der Waals surface area contributed by atoms with Crippen molar-refractivity contribution in [1.82, 2.24) is 0 Å². The normalized spacial score (nSPS) is 13.0. The van der Waals surface area contributed by atoms with Crippen LogP contribution >= 0.6 is 22.9 Å². The highest BCUT2D eigenvalue weighted by atomic mass is 35.5. The number of furan rings is 1. The van der Waals surface area contributed by atoms with E-state index in [9.17, 15) is 9.59 Å². The molecule has 2 aromatic heterocycles. The zero-order valence-corrected chi connectivity index (χ0v) is 12.8. The molecule has 0 saturated heterocycles. The molecule has 110 valence electrons. The van der Waals surface area contributed by atoms with Gasteiger partial charge >= 0.3 is 5.97 Å². The third kappa shape index (κ3) is 2.56. The summed E-state index contributed by atoms with van der Waals surface area (Å²) < 4.78 is 9.89. The van der Waals surface area contributed by atoms with Gasteiger partial charge in [-0.05, 0) is 48.6 Å². The maximum atomic E-state index is 12.1. The third-order valence-electron chi connectivity index (χ3n) is 3.33. The van der Waals surface area contributed by atoms with Gasteiger partial charge in [0, 0.05) is 4.88 Å². The maximum Gasteiger partial charge on any atom is 0.341 e. The molecule has 5 nitrogen and oxygen atoms in total. The molecule has 1 aliphatic rings. The number of methoxy groups -OCH3 is 1. The molecule has 0 saturated carbocycles. The molecular weight excluding hydrogens is 314 g/mol. The lowest BCUT2D eigenvalue weighted by molar-refractivity contribution is 0.0601. The Morgan fingerprint density at radius 1 is 1.38 bits per heavy atom. The van der Waals surface area contributed by atoms with E-state index in [-0.39, 0.29) is 11.0 Å². The van der Waals surface area contributed by atoms with Crippen LogP contribution in [0.2, 0.25) is 5.22 Å². The number of ether oxygens (including phenoxy) is 1. The van der Waals surface area contributed by atoms with E-state index in [0.717, 1.165) is 29.7 Å². The first kappa shape index (κ1) is 14.2. The molecule has 0 atom stereocenters. The van der Waals surface area contributed by atoms with Gasteiger partial charge in [-0.1, -0.05) is 0 Å². The lowest BCUT2D eigenvalue weighted by Crippen LogP contribution is -2.13. The van der Waals surface area contributed by atoms with Crippen LogP contribution in [0.15, 0.2) is 16.5 Å². The quantitative estimate of drug-likeness (QED) is 0.877. The first-order valence-electron chi connectivity index (χ1n) is 6.39. The SMILES string of the molecule is COC(=O)c1c(NC(=O)c2ccc(Cl)o2)sc2c1CCC2. The third-order valence-corrected chi connectivity index (χ3v) is 4.75. The molecule has 3 rings (SSSR count). The number of hydrogen-bond donors (Lipinski definition) is 1. The number of aryl methyl sites for hydroxylation is 1. The number of rotatable bonds is 3. The predicted octanol–water partition coefficient (Wildman–Crippen LogP) is 3.52. The van der Waals surface area contributed by atoms with E-state index < -0.39 is 11.9 Å². The van der Waals surface area contributed by atoms with Gasteiger partial charge in [-0.3, -0.25) is 4.79 Å². The van der Waals surface area contributed by atoms with Crippen molar-refractivity contribution in [1.29, 1.82) is 0 Å². The van der Waals surface area contributed by atoms with Crippen LogP contribution in [0.25, 0.3) is 0 Å². The van der Waals surface area contributed by atoms with Crippen molar-refractivity contribution in [3.63, 3.8) is 0 Å². The Hall–Kier alpha value is -1.79. The molecule has 0 aliphatic heterocycles. The molecule has 0 spiro atoms. The van der Waals surface area contributed by atoms with Gasteiger partial charge in [0.15, 0.2) is 11.0 Å². The molecule has 2 heterocycles. The second-order valence-corrected chi connectivity index (χ2v) is 6.09. The fourth-order valence-corrected chi connectivity index (χ4v) is 3.83. The van der Waals surface area contributed by atoms with Crippen LogP contribution in [-0.2, 0) is 17.6 Å². The van der Waals surface area contributed by atoms with Gasteiger partial charge in [0.25, 0.3) is 5.91 Å².